The normalized spacial score (nSPS) is 15.5. The van der Waals surface area contributed by atoms with Crippen LogP contribution in [0.25, 0.3) is 11.5 Å². The predicted molar refractivity (Wildman–Crippen MR) is 126 cm³/mol. The molecule has 1 N–H and O–H groups in total. The molecule has 2 aromatic heterocycles. The molecule has 2 amide bonds. The molecule has 1 aromatic carbocycles. The molecule has 0 spiro atoms. The number of carbonyl (C=O) groups is 2. The van der Waals surface area contributed by atoms with Crippen molar-refractivity contribution in [1.82, 2.24) is 15.1 Å². The summed E-state index contributed by atoms with van der Waals surface area (Å²) in [6.07, 6.45) is 2.30. The van der Waals surface area contributed by atoms with Crippen molar-refractivity contribution in [2.45, 2.75) is 45.6 Å². The van der Waals surface area contributed by atoms with Gasteiger partial charge >= 0.3 is 0 Å². The Morgan fingerprint density at radius 3 is 2.88 bits per heavy atom. The van der Waals surface area contributed by atoms with E-state index in [0.29, 0.717) is 31.4 Å². The minimum absolute atomic E-state index is 0.0317. The summed E-state index contributed by atoms with van der Waals surface area (Å²) in [5, 5.41) is 14.9. The molecular formula is C24H28N4O4S. The highest BCUT2D eigenvalue weighted by Gasteiger charge is 2.25. The summed E-state index contributed by atoms with van der Waals surface area (Å²) in [7, 11) is 0. The number of aryl methyl sites for hydroxylation is 2. The number of hydrogen-bond acceptors (Lipinski definition) is 7. The van der Waals surface area contributed by atoms with Crippen LogP contribution in [0.5, 0.6) is 0 Å². The fraction of sp³-hybridized carbons (Fsp3) is 0.417. The first-order chi connectivity index (χ1) is 16.0. The standard InChI is InChI=1S/C24H28N4O4S/c1-16-5-3-7-20(17(16)2)25-21(29)14-28(13-19-6-4-11-31-19)23(30)9-8-22-26-27-24(32-22)18-10-12-33-15-18/h3,5,7,10,12,15,19H,4,6,8-9,11,13-14H2,1-2H3,(H,25,29). The van der Waals surface area contributed by atoms with Gasteiger partial charge in [-0.25, -0.2) is 0 Å². The summed E-state index contributed by atoms with van der Waals surface area (Å²) in [5.41, 5.74) is 3.74. The molecule has 4 rings (SSSR count). The van der Waals surface area contributed by atoms with Crippen LogP contribution < -0.4 is 5.32 Å². The Kier molecular flexibility index (Phi) is 7.51. The van der Waals surface area contributed by atoms with Crippen molar-refractivity contribution in [2.75, 3.05) is 25.0 Å². The number of benzene rings is 1. The van der Waals surface area contributed by atoms with Gasteiger partial charge in [0.15, 0.2) is 0 Å². The van der Waals surface area contributed by atoms with Gasteiger partial charge in [-0.1, -0.05) is 12.1 Å². The van der Waals surface area contributed by atoms with E-state index in [0.717, 1.165) is 35.2 Å². The van der Waals surface area contributed by atoms with Gasteiger partial charge in [0.25, 0.3) is 0 Å². The maximum atomic E-state index is 13.1. The lowest BCUT2D eigenvalue weighted by molar-refractivity contribution is -0.136. The monoisotopic (exact) mass is 468 g/mol. The van der Waals surface area contributed by atoms with Crippen LogP contribution in [0.3, 0.4) is 0 Å². The number of thiophene rings is 1. The zero-order valence-electron chi connectivity index (χ0n) is 18.9. The van der Waals surface area contributed by atoms with Crippen molar-refractivity contribution in [3.63, 3.8) is 0 Å². The van der Waals surface area contributed by atoms with Gasteiger partial charge in [0.05, 0.1) is 12.6 Å². The second-order valence-corrected chi connectivity index (χ2v) is 9.00. The number of ether oxygens (including phenoxy) is 1. The largest absolute Gasteiger partial charge is 0.421 e. The van der Waals surface area contributed by atoms with E-state index >= 15 is 0 Å². The lowest BCUT2D eigenvalue weighted by Crippen LogP contribution is -2.42. The minimum atomic E-state index is -0.229. The third-order valence-corrected chi connectivity index (χ3v) is 6.48. The van der Waals surface area contributed by atoms with E-state index in [2.05, 4.69) is 15.5 Å². The van der Waals surface area contributed by atoms with E-state index in [1.165, 1.54) is 0 Å². The highest BCUT2D eigenvalue weighted by molar-refractivity contribution is 7.08. The van der Waals surface area contributed by atoms with Gasteiger partial charge < -0.3 is 19.4 Å². The summed E-state index contributed by atoms with van der Waals surface area (Å²) in [4.78, 5) is 27.4. The Labute approximate surface area is 197 Å². The van der Waals surface area contributed by atoms with E-state index in [4.69, 9.17) is 9.15 Å². The average molecular weight is 469 g/mol. The van der Waals surface area contributed by atoms with E-state index < -0.39 is 0 Å². The molecule has 3 heterocycles. The van der Waals surface area contributed by atoms with Crippen LogP contribution in [0, 0.1) is 13.8 Å². The SMILES string of the molecule is Cc1cccc(NC(=O)CN(CC2CCCO2)C(=O)CCc2nnc(-c3ccsc3)o2)c1C. The Morgan fingerprint density at radius 1 is 1.24 bits per heavy atom. The number of anilines is 1. The second kappa shape index (κ2) is 10.7. The molecule has 33 heavy (non-hydrogen) atoms. The zero-order chi connectivity index (χ0) is 23.2. The van der Waals surface area contributed by atoms with Gasteiger partial charge in [0.2, 0.25) is 23.6 Å². The van der Waals surface area contributed by atoms with Gasteiger partial charge in [-0.15, -0.1) is 10.2 Å². The van der Waals surface area contributed by atoms with Gasteiger partial charge in [0, 0.05) is 42.6 Å². The van der Waals surface area contributed by atoms with Crippen molar-refractivity contribution in [2.24, 2.45) is 0 Å². The molecule has 1 unspecified atom stereocenters. The zero-order valence-corrected chi connectivity index (χ0v) is 19.7. The quantitative estimate of drug-likeness (QED) is 0.510. The number of rotatable bonds is 9. The molecule has 1 aliphatic rings. The van der Waals surface area contributed by atoms with Gasteiger partial charge in [-0.2, -0.15) is 11.3 Å². The minimum Gasteiger partial charge on any atom is -0.421 e. The van der Waals surface area contributed by atoms with Gasteiger partial charge in [0.1, 0.15) is 0 Å². The van der Waals surface area contributed by atoms with Gasteiger partial charge in [-0.3, -0.25) is 9.59 Å². The van der Waals surface area contributed by atoms with Crippen LogP contribution in [-0.2, 0) is 20.7 Å². The molecule has 0 radical (unpaired) electrons. The van der Waals surface area contributed by atoms with E-state index in [-0.39, 0.29) is 30.9 Å². The van der Waals surface area contributed by atoms with E-state index in [9.17, 15) is 9.59 Å². The number of hydrogen-bond donors (Lipinski definition) is 1. The molecular weight excluding hydrogens is 440 g/mol. The smallest absolute Gasteiger partial charge is 0.248 e. The highest BCUT2D eigenvalue weighted by Crippen LogP contribution is 2.21. The first-order valence-electron chi connectivity index (χ1n) is 11.1. The van der Waals surface area contributed by atoms with Crippen LogP contribution >= 0.6 is 11.3 Å². The molecule has 0 bridgehead atoms. The maximum Gasteiger partial charge on any atom is 0.248 e. The molecule has 3 aromatic rings. The number of nitrogens with one attached hydrogen (secondary N) is 1. The summed E-state index contributed by atoms with van der Waals surface area (Å²) in [5.74, 6) is 0.480. The second-order valence-electron chi connectivity index (χ2n) is 8.22. The first-order valence-corrected chi connectivity index (χ1v) is 12.0. The third-order valence-electron chi connectivity index (χ3n) is 5.80. The summed E-state index contributed by atoms with van der Waals surface area (Å²) in [6, 6.07) is 7.68. The Morgan fingerprint density at radius 2 is 2.12 bits per heavy atom. The summed E-state index contributed by atoms with van der Waals surface area (Å²) < 4.78 is 11.4. The van der Waals surface area contributed by atoms with Crippen molar-refractivity contribution < 1.29 is 18.7 Å². The van der Waals surface area contributed by atoms with E-state index in [1.54, 1.807) is 16.2 Å². The van der Waals surface area contributed by atoms with Crippen LogP contribution in [0.2, 0.25) is 0 Å². The number of nitrogens with zero attached hydrogens (tertiary/aromatic N) is 3. The molecule has 0 aliphatic carbocycles. The highest BCUT2D eigenvalue weighted by atomic mass is 32.1. The first kappa shape index (κ1) is 23.1. The van der Waals surface area contributed by atoms with E-state index in [1.807, 2.05) is 48.9 Å². The van der Waals surface area contributed by atoms with Crippen molar-refractivity contribution in [3.8, 4) is 11.5 Å². The maximum absolute atomic E-state index is 13.1. The summed E-state index contributed by atoms with van der Waals surface area (Å²) in [6.45, 7) is 5.02. The van der Waals surface area contributed by atoms with Crippen LogP contribution in [0.15, 0.2) is 39.4 Å². The number of aromatic nitrogens is 2. The lowest BCUT2D eigenvalue weighted by atomic mass is 10.1. The van der Waals surface area contributed by atoms with Crippen LogP contribution in [0.4, 0.5) is 5.69 Å². The lowest BCUT2D eigenvalue weighted by Gasteiger charge is -2.25. The average Bonchev–Trinajstić information content (AvgIpc) is 3.57. The van der Waals surface area contributed by atoms with Crippen LogP contribution in [-0.4, -0.2) is 52.7 Å². The van der Waals surface area contributed by atoms with Crippen molar-refractivity contribution in [1.29, 1.82) is 0 Å². The number of amides is 2. The fourth-order valence-electron chi connectivity index (χ4n) is 3.77. The molecule has 1 fully saturated rings. The predicted octanol–water partition coefficient (Wildman–Crippen LogP) is 3.99. The topological polar surface area (TPSA) is 97.6 Å². The van der Waals surface area contributed by atoms with Crippen LogP contribution in [0.1, 0.15) is 36.3 Å². The summed E-state index contributed by atoms with van der Waals surface area (Å²) >= 11 is 1.55. The molecule has 174 valence electrons. The van der Waals surface area contributed by atoms with Crippen molar-refractivity contribution >= 4 is 28.8 Å². The molecule has 0 saturated carbocycles. The molecule has 8 nitrogen and oxygen atoms in total. The fourth-order valence-corrected chi connectivity index (χ4v) is 4.40. The molecule has 1 atom stereocenters. The number of carbonyl (C=O) groups excluding carboxylic acids is 2. The third kappa shape index (κ3) is 6.06. The Balaban J connectivity index is 1.38. The Bertz CT molecular complexity index is 1090. The van der Waals surface area contributed by atoms with Crippen molar-refractivity contribution in [3.05, 3.63) is 52.0 Å². The molecule has 9 heteroatoms. The Hall–Kier alpha value is -3.04. The molecule has 1 aliphatic heterocycles. The van der Waals surface area contributed by atoms with Gasteiger partial charge in [-0.05, 0) is 55.3 Å². The molecule has 1 saturated heterocycles.